The summed E-state index contributed by atoms with van der Waals surface area (Å²) in [5, 5.41) is -0.804. The minimum Gasteiger partial charge on any atom is -0.495 e. The molecule has 0 bridgehead atoms. The third-order valence-corrected chi connectivity index (χ3v) is 6.19. The maximum atomic E-state index is 11.5. The number of nitrogens with zero attached hydrogens (tertiary/aromatic N) is 1. The first kappa shape index (κ1) is 30.9. The van der Waals surface area contributed by atoms with E-state index < -0.39 is 16.6 Å². The first-order valence-electron chi connectivity index (χ1n) is 11.0. The van der Waals surface area contributed by atoms with Gasteiger partial charge >= 0.3 is 6.09 Å². The summed E-state index contributed by atoms with van der Waals surface area (Å²) in [6, 6.07) is 15.8. The first-order chi connectivity index (χ1) is 17.0. The number of rotatable bonds is 10. The number of hydrazine groups is 1. The van der Waals surface area contributed by atoms with E-state index in [1.54, 1.807) is 21.0 Å². The Bertz CT molecular complexity index is 959. The van der Waals surface area contributed by atoms with Gasteiger partial charge in [-0.15, -0.1) is 0 Å². The molecule has 0 radical (unpaired) electrons. The maximum absolute atomic E-state index is 11.5. The molecule has 198 valence electrons. The highest BCUT2D eigenvalue weighted by Crippen LogP contribution is 2.30. The lowest BCUT2D eigenvalue weighted by Crippen LogP contribution is -2.34. The van der Waals surface area contributed by atoms with E-state index in [4.69, 9.17) is 20.9 Å². The number of nitrogens with two attached hydrogens (primary N) is 2. The zero-order chi connectivity index (χ0) is 27.1. The average Bonchev–Trinajstić information content (AvgIpc) is 2.82. The van der Waals surface area contributed by atoms with Crippen LogP contribution < -0.4 is 27.1 Å². The maximum Gasteiger partial charge on any atom is 0.426 e. The number of methoxy groups -OCH3 is 1. The van der Waals surface area contributed by atoms with Gasteiger partial charge in [-0.3, -0.25) is 15.0 Å². The van der Waals surface area contributed by atoms with Crippen molar-refractivity contribution in [2.45, 2.75) is 26.0 Å². The molecular weight excluding hydrogens is 502 g/mol. The molecule has 0 aliphatic rings. The Morgan fingerprint density at radius 2 is 1.53 bits per heavy atom. The number of anilines is 1. The summed E-state index contributed by atoms with van der Waals surface area (Å²) in [7, 11) is 5.34. The molecule has 0 atom stereocenters. The zero-order valence-electron chi connectivity index (χ0n) is 21.1. The van der Waals surface area contributed by atoms with Crippen LogP contribution in [0.3, 0.4) is 0 Å². The van der Waals surface area contributed by atoms with E-state index in [9.17, 15) is 14.4 Å². The van der Waals surface area contributed by atoms with E-state index in [-0.39, 0.29) is 12.1 Å². The lowest BCUT2D eigenvalue weighted by molar-refractivity contribution is 0.117. The van der Waals surface area contributed by atoms with Crippen molar-refractivity contribution >= 4 is 45.8 Å². The number of hydrogen-bond acceptors (Lipinski definition) is 9. The Morgan fingerprint density at radius 1 is 0.944 bits per heavy atom. The third kappa shape index (κ3) is 12.6. The predicted octanol–water partition coefficient (Wildman–Crippen LogP) is 4.36. The van der Waals surface area contributed by atoms with Crippen LogP contribution in [0.5, 0.6) is 5.75 Å². The molecule has 0 aliphatic heterocycles. The molecule has 0 unspecified atom stereocenters. The number of thioether (sulfide) groups is 2. The van der Waals surface area contributed by atoms with Gasteiger partial charge in [0.2, 0.25) is 0 Å². The smallest absolute Gasteiger partial charge is 0.426 e. The lowest BCUT2D eigenvalue weighted by atomic mass is 10.1. The van der Waals surface area contributed by atoms with Crippen LogP contribution in [-0.4, -0.2) is 66.3 Å². The summed E-state index contributed by atoms with van der Waals surface area (Å²) in [4.78, 5) is 34.5. The molecule has 3 amide bonds. The Labute approximate surface area is 220 Å². The fraction of sp³-hybridized carbons (Fsp3) is 0.375. The SMILES string of the molecule is CN(C)C(CSC(N)=O)CSC(N)=O.COc1ccc(-c2ccccc2)cc1NNC(=O)OC(C)C. The van der Waals surface area contributed by atoms with Crippen LogP contribution in [0.25, 0.3) is 11.1 Å². The van der Waals surface area contributed by atoms with Gasteiger partial charge in [0.1, 0.15) is 5.75 Å². The Kier molecular flexibility index (Phi) is 14.2. The van der Waals surface area contributed by atoms with Gasteiger partial charge in [0.15, 0.2) is 0 Å². The van der Waals surface area contributed by atoms with Gasteiger partial charge in [-0.25, -0.2) is 10.2 Å². The fourth-order valence-corrected chi connectivity index (χ4v) is 4.38. The zero-order valence-corrected chi connectivity index (χ0v) is 22.8. The quantitative estimate of drug-likeness (QED) is 0.324. The van der Waals surface area contributed by atoms with Crippen molar-refractivity contribution in [1.82, 2.24) is 10.3 Å². The van der Waals surface area contributed by atoms with Gasteiger partial charge in [0, 0.05) is 17.5 Å². The molecule has 0 saturated heterocycles. The van der Waals surface area contributed by atoms with Crippen molar-refractivity contribution in [3.05, 3.63) is 48.5 Å². The van der Waals surface area contributed by atoms with Crippen molar-refractivity contribution in [1.29, 1.82) is 0 Å². The van der Waals surface area contributed by atoms with Gasteiger partial charge in [0.25, 0.3) is 10.5 Å². The molecule has 2 aromatic rings. The summed E-state index contributed by atoms with van der Waals surface area (Å²) in [5.41, 5.74) is 18.1. The molecule has 6 N–H and O–H groups in total. The van der Waals surface area contributed by atoms with E-state index in [2.05, 4.69) is 10.9 Å². The molecule has 10 nitrogen and oxygen atoms in total. The molecule has 0 heterocycles. The van der Waals surface area contributed by atoms with Crippen molar-refractivity contribution in [2.75, 3.05) is 38.1 Å². The van der Waals surface area contributed by atoms with E-state index in [1.807, 2.05) is 67.5 Å². The van der Waals surface area contributed by atoms with Gasteiger partial charge in [0.05, 0.1) is 18.9 Å². The molecular formula is C24H35N5O5S2. The number of ether oxygens (including phenoxy) is 2. The van der Waals surface area contributed by atoms with Crippen LogP contribution in [0.2, 0.25) is 0 Å². The first-order valence-corrected chi connectivity index (χ1v) is 13.0. The largest absolute Gasteiger partial charge is 0.495 e. The minimum atomic E-state index is -0.540. The third-order valence-electron chi connectivity index (χ3n) is 4.51. The van der Waals surface area contributed by atoms with Crippen molar-refractivity contribution < 1.29 is 23.9 Å². The predicted molar refractivity (Wildman–Crippen MR) is 148 cm³/mol. The van der Waals surface area contributed by atoms with Crippen LogP contribution in [0.4, 0.5) is 20.1 Å². The molecule has 2 aromatic carbocycles. The number of carbonyl (C=O) groups excluding carboxylic acids is 3. The number of amides is 3. The molecule has 2 rings (SSSR count). The minimum absolute atomic E-state index is 0.116. The molecule has 0 saturated carbocycles. The summed E-state index contributed by atoms with van der Waals surface area (Å²) < 4.78 is 10.3. The van der Waals surface area contributed by atoms with Crippen molar-refractivity contribution in [2.24, 2.45) is 11.5 Å². The second-order valence-electron chi connectivity index (χ2n) is 7.86. The number of nitrogens with one attached hydrogen (secondary N) is 2. The molecule has 0 fully saturated rings. The second-order valence-corrected chi connectivity index (χ2v) is 9.91. The van der Waals surface area contributed by atoms with Crippen molar-refractivity contribution in [3.63, 3.8) is 0 Å². The van der Waals surface area contributed by atoms with Crippen LogP contribution in [0, 0.1) is 0 Å². The van der Waals surface area contributed by atoms with Crippen molar-refractivity contribution in [3.8, 4) is 16.9 Å². The fourth-order valence-electron chi connectivity index (χ4n) is 2.68. The molecule has 12 heteroatoms. The number of carbonyl (C=O) groups is 3. The topological polar surface area (TPSA) is 149 Å². The van der Waals surface area contributed by atoms with E-state index in [0.717, 1.165) is 34.7 Å². The highest BCUT2D eigenvalue weighted by Gasteiger charge is 2.14. The Hall–Kier alpha value is -3.09. The van der Waals surface area contributed by atoms with E-state index in [1.165, 1.54) is 0 Å². The molecule has 36 heavy (non-hydrogen) atoms. The summed E-state index contributed by atoms with van der Waals surface area (Å²) >= 11 is 2.10. The van der Waals surface area contributed by atoms with E-state index >= 15 is 0 Å². The Morgan fingerprint density at radius 3 is 2.00 bits per heavy atom. The average molecular weight is 538 g/mol. The van der Waals surface area contributed by atoms with Crippen LogP contribution in [0.15, 0.2) is 48.5 Å². The molecule has 0 spiro atoms. The second kappa shape index (κ2) is 16.6. The van der Waals surface area contributed by atoms with Gasteiger partial charge in [-0.2, -0.15) is 0 Å². The lowest BCUT2D eigenvalue weighted by Gasteiger charge is -2.22. The highest BCUT2D eigenvalue weighted by atomic mass is 32.2. The number of hydrogen-bond donors (Lipinski definition) is 4. The molecule has 0 aliphatic carbocycles. The monoisotopic (exact) mass is 537 g/mol. The molecule has 0 aromatic heterocycles. The van der Waals surface area contributed by atoms with Crippen LogP contribution >= 0.6 is 23.5 Å². The highest BCUT2D eigenvalue weighted by molar-refractivity contribution is 8.14. The normalized spacial score (nSPS) is 10.4. The van der Waals surface area contributed by atoms with Gasteiger partial charge in [-0.1, -0.05) is 59.9 Å². The Balaban J connectivity index is 0.000000402. The standard InChI is InChI=1S/C17H20N2O3.C7H15N3O2S2/c1-12(2)22-17(20)19-18-15-11-14(9-10-16(15)21-3)13-7-5-4-6-8-13;1-10(2)5(3-13-6(8)11)4-14-7(9)12/h4-12,18H,1-3H3,(H,19,20);5H,3-4H2,1-2H3,(H2,8,11)(H2,9,12). The van der Waals surface area contributed by atoms with Gasteiger partial charge in [-0.05, 0) is 51.2 Å². The van der Waals surface area contributed by atoms with Gasteiger partial charge < -0.3 is 25.8 Å². The summed E-state index contributed by atoms with van der Waals surface area (Å²) in [6.07, 6.45) is -0.721. The van der Waals surface area contributed by atoms with Crippen LogP contribution in [0.1, 0.15) is 13.8 Å². The summed E-state index contributed by atoms with van der Waals surface area (Å²) in [6.45, 7) is 3.58. The van der Waals surface area contributed by atoms with Crippen LogP contribution in [-0.2, 0) is 4.74 Å². The number of primary amides is 2. The number of benzene rings is 2. The van der Waals surface area contributed by atoms with E-state index in [0.29, 0.717) is 22.9 Å². The summed E-state index contributed by atoms with van der Waals surface area (Å²) in [5.74, 6) is 1.77.